The molecule has 0 radical (unpaired) electrons. The van der Waals surface area contributed by atoms with E-state index in [0.29, 0.717) is 29.2 Å². The third-order valence-electron chi connectivity index (χ3n) is 5.70. The van der Waals surface area contributed by atoms with Crippen LogP contribution in [0.1, 0.15) is 36.2 Å². The number of anilines is 2. The number of nitrogens with zero attached hydrogens (tertiary/aromatic N) is 4. The smallest absolute Gasteiger partial charge is 0.419 e. The molecular weight excluding hydrogens is 466 g/mol. The molecule has 4 rings (SSSR count). The zero-order valence-electron chi connectivity index (χ0n) is 19.0. The molecule has 1 aromatic carbocycles. The van der Waals surface area contributed by atoms with Crippen molar-refractivity contribution in [2.24, 2.45) is 15.9 Å². The second-order valence-electron chi connectivity index (χ2n) is 8.47. The molecule has 0 amide bonds. The fraction of sp³-hybridized carbons (Fsp3) is 0.333. The van der Waals surface area contributed by atoms with Gasteiger partial charge in [-0.05, 0) is 30.3 Å². The van der Waals surface area contributed by atoms with Crippen molar-refractivity contribution in [3.8, 4) is 0 Å². The molecule has 184 valence electrons. The molecule has 1 aromatic heterocycles. The molecule has 11 heteroatoms. The third-order valence-corrected chi connectivity index (χ3v) is 5.70. The van der Waals surface area contributed by atoms with Gasteiger partial charge in [0.05, 0.1) is 16.8 Å². The van der Waals surface area contributed by atoms with E-state index in [0.717, 1.165) is 18.2 Å². The van der Waals surface area contributed by atoms with Crippen molar-refractivity contribution in [3.05, 3.63) is 65.1 Å². The summed E-state index contributed by atoms with van der Waals surface area (Å²) >= 11 is 0. The molecule has 1 unspecified atom stereocenters. The van der Waals surface area contributed by atoms with Crippen molar-refractivity contribution < 1.29 is 27.5 Å². The number of carbonyl (C=O) groups is 1. The quantitative estimate of drug-likeness (QED) is 0.576. The summed E-state index contributed by atoms with van der Waals surface area (Å²) in [7, 11) is 0. The highest BCUT2D eigenvalue weighted by atomic mass is 19.4. The molecule has 0 bridgehead atoms. The number of pyridine rings is 1. The summed E-state index contributed by atoms with van der Waals surface area (Å²) in [6.07, 6.45) is -1.78. The number of aromatic nitrogens is 1. The monoisotopic (exact) mass is 489 g/mol. The van der Waals surface area contributed by atoms with Crippen LogP contribution in [0.25, 0.3) is 0 Å². The maximum atomic E-state index is 14.2. The number of hydrogen-bond donors (Lipinski definition) is 2. The van der Waals surface area contributed by atoms with Gasteiger partial charge in [-0.1, -0.05) is 19.9 Å². The van der Waals surface area contributed by atoms with Gasteiger partial charge in [0.25, 0.3) is 0 Å². The van der Waals surface area contributed by atoms with Crippen molar-refractivity contribution in [3.63, 3.8) is 0 Å². The number of hydrogen-bond acceptors (Lipinski definition) is 6. The van der Waals surface area contributed by atoms with Crippen LogP contribution in [0.5, 0.6) is 0 Å². The number of amidine groups is 1. The van der Waals surface area contributed by atoms with Gasteiger partial charge in [0.1, 0.15) is 23.6 Å². The molecule has 2 aromatic rings. The minimum atomic E-state index is -4.54. The number of aliphatic imine (C=N–C) groups is 2. The van der Waals surface area contributed by atoms with Gasteiger partial charge in [0, 0.05) is 42.9 Å². The lowest BCUT2D eigenvalue weighted by Gasteiger charge is -2.26. The molecule has 1 atom stereocenters. The number of aromatic carboxylic acids is 1. The van der Waals surface area contributed by atoms with Crippen LogP contribution >= 0.6 is 0 Å². The van der Waals surface area contributed by atoms with Gasteiger partial charge in [0.15, 0.2) is 0 Å². The Labute approximate surface area is 198 Å². The van der Waals surface area contributed by atoms with Gasteiger partial charge in [-0.15, -0.1) is 0 Å². The van der Waals surface area contributed by atoms with E-state index in [1.54, 1.807) is 11.0 Å². The summed E-state index contributed by atoms with van der Waals surface area (Å²) in [4.78, 5) is 25.9. The van der Waals surface area contributed by atoms with Gasteiger partial charge in [-0.25, -0.2) is 24.2 Å². The minimum Gasteiger partial charge on any atom is -0.478 e. The van der Waals surface area contributed by atoms with E-state index in [4.69, 9.17) is 5.11 Å². The number of rotatable bonds is 5. The van der Waals surface area contributed by atoms with E-state index in [9.17, 15) is 22.4 Å². The van der Waals surface area contributed by atoms with Crippen molar-refractivity contribution >= 4 is 29.0 Å². The summed E-state index contributed by atoms with van der Waals surface area (Å²) in [5.74, 6) is -1.89. The molecule has 0 spiro atoms. The van der Waals surface area contributed by atoms with Crippen LogP contribution in [-0.4, -0.2) is 46.9 Å². The van der Waals surface area contributed by atoms with E-state index < -0.39 is 35.3 Å². The van der Waals surface area contributed by atoms with Crippen LogP contribution in [-0.2, 0) is 6.18 Å². The predicted molar refractivity (Wildman–Crippen MR) is 125 cm³/mol. The first-order chi connectivity index (χ1) is 16.5. The molecule has 0 saturated carbocycles. The van der Waals surface area contributed by atoms with Crippen molar-refractivity contribution in [2.45, 2.75) is 32.6 Å². The van der Waals surface area contributed by atoms with Gasteiger partial charge >= 0.3 is 12.1 Å². The normalized spacial score (nSPS) is 18.3. The Hall–Kier alpha value is -3.76. The summed E-state index contributed by atoms with van der Waals surface area (Å²) in [6.45, 7) is 4.25. The Balaban J connectivity index is 1.67. The zero-order chi connectivity index (χ0) is 25.3. The largest absolute Gasteiger partial charge is 0.478 e. The summed E-state index contributed by atoms with van der Waals surface area (Å²) < 4.78 is 54.9. The van der Waals surface area contributed by atoms with Crippen LogP contribution in [0.15, 0.2) is 58.2 Å². The average molecular weight is 489 g/mol. The number of fused-ring (bicyclic) bond motifs is 1. The average Bonchev–Trinajstić information content (AvgIpc) is 3.01. The lowest BCUT2D eigenvalue weighted by Crippen LogP contribution is -2.32. The summed E-state index contributed by atoms with van der Waals surface area (Å²) in [6, 6.07) is 5.93. The first kappa shape index (κ1) is 24.4. The van der Waals surface area contributed by atoms with Gasteiger partial charge in [0.2, 0.25) is 0 Å². The number of alkyl halides is 3. The Kier molecular flexibility index (Phi) is 6.60. The third kappa shape index (κ3) is 5.18. The number of carboxylic acids is 1. The molecule has 35 heavy (non-hydrogen) atoms. The number of benzene rings is 1. The van der Waals surface area contributed by atoms with E-state index in [-0.39, 0.29) is 24.8 Å². The number of halogens is 4. The Morgan fingerprint density at radius 1 is 1.26 bits per heavy atom. The second-order valence-corrected chi connectivity index (χ2v) is 8.47. The Morgan fingerprint density at radius 3 is 2.69 bits per heavy atom. The fourth-order valence-electron chi connectivity index (χ4n) is 3.95. The molecule has 2 aliphatic heterocycles. The first-order valence-corrected chi connectivity index (χ1v) is 11.0. The second kappa shape index (κ2) is 9.47. The molecule has 0 saturated heterocycles. The summed E-state index contributed by atoms with van der Waals surface area (Å²) in [5, 5.41) is 12.2. The maximum Gasteiger partial charge on any atom is 0.419 e. The molecule has 2 N–H and O–H groups in total. The SMILES string of the molecule is CC(C)C1=NC(Nc2ccc(C(=O)O)c(F)c2)C2=CCN(c3ncccc3C(F)(F)F)CCC2=N1. The van der Waals surface area contributed by atoms with Crippen LogP contribution < -0.4 is 10.2 Å². The van der Waals surface area contributed by atoms with Gasteiger partial charge in [-0.2, -0.15) is 13.2 Å². The molecule has 0 fully saturated rings. The zero-order valence-corrected chi connectivity index (χ0v) is 19.0. The van der Waals surface area contributed by atoms with Gasteiger partial charge in [-0.3, -0.25) is 0 Å². The Bertz CT molecular complexity index is 1240. The lowest BCUT2D eigenvalue weighted by molar-refractivity contribution is -0.137. The molecule has 7 nitrogen and oxygen atoms in total. The molecular formula is C24H23F4N5O2. The predicted octanol–water partition coefficient (Wildman–Crippen LogP) is 5.02. The highest BCUT2D eigenvalue weighted by Crippen LogP contribution is 2.36. The maximum absolute atomic E-state index is 14.2. The highest BCUT2D eigenvalue weighted by Gasteiger charge is 2.36. The fourth-order valence-corrected chi connectivity index (χ4v) is 3.95. The van der Waals surface area contributed by atoms with E-state index >= 15 is 0 Å². The van der Waals surface area contributed by atoms with Crippen LogP contribution in [0, 0.1) is 11.7 Å². The van der Waals surface area contributed by atoms with E-state index in [2.05, 4.69) is 20.3 Å². The minimum absolute atomic E-state index is 0.0218. The first-order valence-electron chi connectivity index (χ1n) is 11.0. The molecule has 0 aliphatic carbocycles. The van der Waals surface area contributed by atoms with Gasteiger partial charge < -0.3 is 15.3 Å². The van der Waals surface area contributed by atoms with E-state index in [1.807, 2.05) is 13.8 Å². The topological polar surface area (TPSA) is 90.2 Å². The number of carboxylic acid groups (broad SMARTS) is 1. The molecule has 2 aliphatic rings. The standard InChI is InChI=1S/C24H23F4N5O2/c1-13(2)20-31-19-8-11-33(22-17(24(26,27)28)4-3-9-29-22)10-7-16(19)21(32-20)30-14-5-6-15(23(34)35)18(25)12-14/h3-7,9,12-13,21,30H,8,10-11H2,1-2H3,(H,34,35). The van der Waals surface area contributed by atoms with Crippen LogP contribution in [0.4, 0.5) is 29.1 Å². The van der Waals surface area contributed by atoms with Crippen molar-refractivity contribution in [1.82, 2.24) is 4.98 Å². The lowest BCUT2D eigenvalue weighted by atomic mass is 10.0. The van der Waals surface area contributed by atoms with Crippen molar-refractivity contribution in [2.75, 3.05) is 23.3 Å². The van der Waals surface area contributed by atoms with Crippen LogP contribution in [0.3, 0.4) is 0 Å². The van der Waals surface area contributed by atoms with Crippen LogP contribution in [0.2, 0.25) is 0 Å². The summed E-state index contributed by atoms with van der Waals surface area (Å²) in [5.41, 5.74) is 0.401. The molecule has 3 heterocycles. The highest BCUT2D eigenvalue weighted by molar-refractivity contribution is 6.11. The number of nitrogens with one attached hydrogen (secondary N) is 1. The van der Waals surface area contributed by atoms with E-state index in [1.165, 1.54) is 18.3 Å². The van der Waals surface area contributed by atoms with Crippen molar-refractivity contribution in [1.29, 1.82) is 0 Å². The Morgan fingerprint density at radius 2 is 2.03 bits per heavy atom.